The molecule has 100 valence electrons. The molecule has 1 aliphatic rings. The van der Waals surface area contributed by atoms with Crippen LogP contribution in [-0.4, -0.2) is 29.1 Å². The van der Waals surface area contributed by atoms with E-state index in [0.29, 0.717) is 12.5 Å². The van der Waals surface area contributed by atoms with Crippen LogP contribution in [0, 0.1) is 11.6 Å². The van der Waals surface area contributed by atoms with Gasteiger partial charge in [0.05, 0.1) is 6.10 Å². The molecule has 2 rings (SSSR count). The van der Waals surface area contributed by atoms with Crippen molar-refractivity contribution in [1.29, 1.82) is 0 Å². The van der Waals surface area contributed by atoms with E-state index in [1.165, 1.54) is 25.0 Å². The minimum absolute atomic E-state index is 0.0573. The molecule has 0 heterocycles. The van der Waals surface area contributed by atoms with Crippen molar-refractivity contribution < 1.29 is 13.9 Å². The number of nitrogens with zero attached hydrogens (tertiary/aromatic N) is 1. The van der Waals surface area contributed by atoms with Crippen LogP contribution in [0.3, 0.4) is 0 Å². The topological polar surface area (TPSA) is 23.5 Å². The zero-order chi connectivity index (χ0) is 13.1. The predicted octanol–water partition coefficient (Wildman–Crippen LogP) is 2.87. The Bertz CT molecular complexity index is 407. The molecule has 1 fully saturated rings. The molecule has 1 saturated carbocycles. The van der Waals surface area contributed by atoms with Gasteiger partial charge in [-0.05, 0) is 31.9 Å². The standard InChI is InChI=1S/C14H19F2NO/c1-2-17(10-6-7-10)9-8-13(18)11-4-3-5-12(15)14(11)16/h3-5,10,13,18H,2,6-9H2,1H3. The molecule has 0 saturated heterocycles. The molecule has 1 aromatic carbocycles. The lowest BCUT2D eigenvalue weighted by Gasteiger charge is -2.21. The van der Waals surface area contributed by atoms with E-state index >= 15 is 0 Å². The van der Waals surface area contributed by atoms with E-state index in [0.717, 1.165) is 19.2 Å². The number of halogens is 2. The molecule has 1 aliphatic carbocycles. The number of hydrogen-bond acceptors (Lipinski definition) is 2. The fourth-order valence-corrected chi connectivity index (χ4v) is 2.26. The highest BCUT2D eigenvalue weighted by Crippen LogP contribution is 2.28. The van der Waals surface area contributed by atoms with Gasteiger partial charge in [0.25, 0.3) is 0 Å². The zero-order valence-corrected chi connectivity index (χ0v) is 10.6. The maximum absolute atomic E-state index is 13.5. The number of hydrogen-bond donors (Lipinski definition) is 1. The van der Waals surface area contributed by atoms with E-state index in [1.807, 2.05) is 0 Å². The normalized spacial score (nSPS) is 17.2. The monoisotopic (exact) mass is 255 g/mol. The second-order valence-corrected chi connectivity index (χ2v) is 4.81. The third-order valence-electron chi connectivity index (χ3n) is 3.50. The van der Waals surface area contributed by atoms with Gasteiger partial charge in [0.2, 0.25) is 0 Å². The molecule has 0 amide bonds. The SMILES string of the molecule is CCN(CCC(O)c1cccc(F)c1F)C1CC1. The van der Waals surface area contributed by atoms with Gasteiger partial charge in [-0.1, -0.05) is 19.1 Å². The summed E-state index contributed by atoms with van der Waals surface area (Å²) in [4.78, 5) is 2.28. The highest BCUT2D eigenvalue weighted by atomic mass is 19.2. The summed E-state index contributed by atoms with van der Waals surface area (Å²) in [6, 6.07) is 4.56. The van der Waals surface area contributed by atoms with Gasteiger partial charge >= 0.3 is 0 Å². The van der Waals surface area contributed by atoms with Crippen molar-refractivity contribution in [2.75, 3.05) is 13.1 Å². The third kappa shape index (κ3) is 3.06. The Morgan fingerprint density at radius 3 is 2.72 bits per heavy atom. The Hall–Kier alpha value is -1.00. The molecular formula is C14H19F2NO. The highest BCUT2D eigenvalue weighted by Gasteiger charge is 2.28. The lowest BCUT2D eigenvalue weighted by molar-refractivity contribution is 0.137. The summed E-state index contributed by atoms with van der Waals surface area (Å²) in [7, 11) is 0. The van der Waals surface area contributed by atoms with E-state index in [2.05, 4.69) is 11.8 Å². The fraction of sp³-hybridized carbons (Fsp3) is 0.571. The Morgan fingerprint density at radius 2 is 2.11 bits per heavy atom. The van der Waals surface area contributed by atoms with Crippen molar-refractivity contribution in [2.45, 2.75) is 38.3 Å². The van der Waals surface area contributed by atoms with E-state index < -0.39 is 17.7 Å². The van der Waals surface area contributed by atoms with Crippen LogP contribution in [0.5, 0.6) is 0 Å². The molecule has 0 aromatic heterocycles. The van der Waals surface area contributed by atoms with Crippen molar-refractivity contribution in [2.24, 2.45) is 0 Å². The van der Waals surface area contributed by atoms with Gasteiger partial charge in [-0.25, -0.2) is 8.78 Å². The Labute approximate surface area is 106 Å². The van der Waals surface area contributed by atoms with E-state index in [4.69, 9.17) is 0 Å². The largest absolute Gasteiger partial charge is 0.388 e. The van der Waals surface area contributed by atoms with Crippen LogP contribution >= 0.6 is 0 Å². The first kappa shape index (κ1) is 13.4. The molecule has 0 spiro atoms. The minimum atomic E-state index is -0.937. The van der Waals surface area contributed by atoms with Crippen LogP contribution in [-0.2, 0) is 0 Å². The van der Waals surface area contributed by atoms with Gasteiger partial charge in [-0.15, -0.1) is 0 Å². The summed E-state index contributed by atoms with van der Waals surface area (Å²) in [5.41, 5.74) is 0.0573. The second kappa shape index (κ2) is 5.76. The molecule has 1 unspecified atom stereocenters. The Morgan fingerprint density at radius 1 is 1.39 bits per heavy atom. The van der Waals surface area contributed by atoms with Crippen LogP contribution in [0.2, 0.25) is 0 Å². The van der Waals surface area contributed by atoms with Crippen LogP contribution in [0.1, 0.15) is 37.9 Å². The number of aliphatic hydroxyl groups excluding tert-OH is 1. The van der Waals surface area contributed by atoms with Crippen molar-refractivity contribution in [3.05, 3.63) is 35.4 Å². The summed E-state index contributed by atoms with van der Waals surface area (Å²) in [5, 5.41) is 9.94. The van der Waals surface area contributed by atoms with Gasteiger partial charge in [0, 0.05) is 18.2 Å². The van der Waals surface area contributed by atoms with Gasteiger partial charge in [0.1, 0.15) is 0 Å². The number of rotatable bonds is 6. The highest BCUT2D eigenvalue weighted by molar-refractivity contribution is 5.21. The maximum atomic E-state index is 13.5. The van der Waals surface area contributed by atoms with Gasteiger partial charge < -0.3 is 10.0 Å². The molecule has 1 aromatic rings. The Balaban J connectivity index is 1.94. The first-order valence-electron chi connectivity index (χ1n) is 6.49. The van der Waals surface area contributed by atoms with Gasteiger partial charge in [0.15, 0.2) is 11.6 Å². The van der Waals surface area contributed by atoms with E-state index in [9.17, 15) is 13.9 Å². The molecule has 18 heavy (non-hydrogen) atoms. The van der Waals surface area contributed by atoms with Crippen molar-refractivity contribution in [1.82, 2.24) is 4.90 Å². The summed E-state index contributed by atoms with van der Waals surface area (Å²) in [5.74, 6) is -1.83. The summed E-state index contributed by atoms with van der Waals surface area (Å²) >= 11 is 0. The summed E-state index contributed by atoms with van der Waals surface area (Å²) in [6.07, 6.45) is 1.91. The lowest BCUT2D eigenvalue weighted by Crippen LogP contribution is -2.28. The predicted molar refractivity (Wildman–Crippen MR) is 66.2 cm³/mol. The second-order valence-electron chi connectivity index (χ2n) is 4.81. The molecule has 2 nitrogen and oxygen atoms in total. The lowest BCUT2D eigenvalue weighted by atomic mass is 10.1. The minimum Gasteiger partial charge on any atom is -0.388 e. The van der Waals surface area contributed by atoms with Crippen molar-refractivity contribution in [3.8, 4) is 0 Å². The molecule has 0 aliphatic heterocycles. The van der Waals surface area contributed by atoms with Gasteiger partial charge in [-0.3, -0.25) is 0 Å². The van der Waals surface area contributed by atoms with Crippen LogP contribution in [0.15, 0.2) is 18.2 Å². The zero-order valence-electron chi connectivity index (χ0n) is 10.6. The number of benzene rings is 1. The molecule has 1 N–H and O–H groups in total. The summed E-state index contributed by atoms with van der Waals surface area (Å²) < 4.78 is 26.5. The van der Waals surface area contributed by atoms with Crippen molar-refractivity contribution in [3.63, 3.8) is 0 Å². The average Bonchev–Trinajstić information content (AvgIpc) is 3.17. The molecular weight excluding hydrogens is 236 g/mol. The number of aliphatic hydroxyl groups is 1. The molecule has 4 heteroatoms. The summed E-state index contributed by atoms with van der Waals surface area (Å²) in [6.45, 7) is 3.73. The van der Waals surface area contributed by atoms with Crippen molar-refractivity contribution >= 4 is 0 Å². The maximum Gasteiger partial charge on any atom is 0.164 e. The molecule has 0 bridgehead atoms. The quantitative estimate of drug-likeness (QED) is 0.845. The molecule has 1 atom stereocenters. The Kier molecular flexibility index (Phi) is 4.30. The first-order valence-corrected chi connectivity index (χ1v) is 6.49. The first-order chi connectivity index (χ1) is 8.63. The van der Waals surface area contributed by atoms with Gasteiger partial charge in [-0.2, -0.15) is 0 Å². The smallest absolute Gasteiger partial charge is 0.164 e. The van der Waals surface area contributed by atoms with E-state index in [1.54, 1.807) is 0 Å². The molecule has 0 radical (unpaired) electrons. The van der Waals surface area contributed by atoms with Crippen LogP contribution in [0.4, 0.5) is 8.78 Å². The third-order valence-corrected chi connectivity index (χ3v) is 3.50. The fourth-order valence-electron chi connectivity index (χ4n) is 2.26. The van der Waals surface area contributed by atoms with Crippen LogP contribution < -0.4 is 0 Å². The average molecular weight is 255 g/mol. The van der Waals surface area contributed by atoms with Crippen LogP contribution in [0.25, 0.3) is 0 Å². The van der Waals surface area contributed by atoms with E-state index in [-0.39, 0.29) is 5.56 Å².